The molecule has 2 fully saturated rings. The number of rotatable bonds is 11. The summed E-state index contributed by atoms with van der Waals surface area (Å²) < 4.78 is 33.9. The number of amides is 4. The van der Waals surface area contributed by atoms with Crippen LogP contribution < -0.4 is 16.0 Å². The Morgan fingerprint density at radius 1 is 1.06 bits per heavy atom. The van der Waals surface area contributed by atoms with E-state index in [4.69, 9.17) is 5.26 Å². The highest BCUT2D eigenvalue weighted by atomic mass is 32.1. The maximum atomic E-state index is 15.1. The smallest absolute Gasteiger partial charge is 0.348 e. The first-order valence-electron chi connectivity index (χ1n) is 16.6. The van der Waals surface area contributed by atoms with Crippen molar-refractivity contribution in [2.24, 2.45) is 5.92 Å². The third-order valence-corrected chi connectivity index (χ3v) is 10.1. The Morgan fingerprint density at radius 3 is 2.46 bits per heavy atom. The number of hydrogen-bond acceptors (Lipinski definition) is 9. The number of carbonyl (C=O) groups excluding carboxylic acids is 4. The summed E-state index contributed by atoms with van der Waals surface area (Å²) in [6.07, 6.45) is 3.98. The molecule has 264 valence electrons. The molecule has 4 amide bonds. The third kappa shape index (κ3) is 8.85. The van der Waals surface area contributed by atoms with Crippen molar-refractivity contribution in [3.05, 3.63) is 76.3 Å². The average molecular weight is 707 g/mol. The minimum absolute atomic E-state index is 0.0264. The van der Waals surface area contributed by atoms with Gasteiger partial charge in [-0.05, 0) is 67.2 Å². The number of anilines is 1. The summed E-state index contributed by atoms with van der Waals surface area (Å²) in [5.74, 6) is -6.99. The highest BCUT2D eigenvalue weighted by molar-refractivity contribution is 7.07. The Balaban J connectivity index is 1.21. The van der Waals surface area contributed by atoms with Crippen LogP contribution in [0.15, 0.2) is 54.7 Å². The summed E-state index contributed by atoms with van der Waals surface area (Å²) in [5.41, 5.74) is 0.744. The quantitative estimate of drug-likeness (QED) is 0.271. The zero-order valence-electron chi connectivity index (χ0n) is 27.9. The second-order valence-corrected chi connectivity index (χ2v) is 13.7. The number of aromatic nitrogens is 2. The van der Waals surface area contributed by atoms with Crippen molar-refractivity contribution in [3.8, 4) is 6.07 Å². The Labute approximate surface area is 293 Å². The highest BCUT2D eigenvalue weighted by Gasteiger charge is 2.43. The van der Waals surface area contributed by atoms with Crippen LogP contribution in [0, 0.1) is 17.2 Å². The molecular weight excluding hydrogens is 666 g/mol. The maximum absolute atomic E-state index is 15.1. The van der Waals surface area contributed by atoms with Gasteiger partial charge in [0.15, 0.2) is 0 Å². The topological polar surface area (TPSA) is 160 Å². The molecule has 12 nitrogen and oxygen atoms in total. The zero-order chi connectivity index (χ0) is 35.8. The Bertz CT molecular complexity index is 1710. The lowest BCUT2D eigenvalue weighted by atomic mass is 9.82. The van der Waals surface area contributed by atoms with Crippen molar-refractivity contribution in [2.75, 3.05) is 38.5 Å². The van der Waals surface area contributed by atoms with Gasteiger partial charge in [-0.2, -0.15) is 14.0 Å². The summed E-state index contributed by atoms with van der Waals surface area (Å²) >= 11 is 0.943. The van der Waals surface area contributed by atoms with E-state index in [-0.39, 0.29) is 29.7 Å². The molecule has 3 N–H and O–H groups in total. The molecule has 50 heavy (non-hydrogen) atoms. The van der Waals surface area contributed by atoms with E-state index in [0.717, 1.165) is 55.2 Å². The van der Waals surface area contributed by atoms with Gasteiger partial charge in [-0.15, -0.1) is 5.10 Å². The van der Waals surface area contributed by atoms with Crippen LogP contribution in [0.2, 0.25) is 0 Å². The van der Waals surface area contributed by atoms with Crippen molar-refractivity contribution in [1.29, 1.82) is 5.26 Å². The molecule has 2 heterocycles. The number of alkyl halides is 2. The van der Waals surface area contributed by atoms with Gasteiger partial charge in [0.05, 0.1) is 17.8 Å². The second-order valence-electron chi connectivity index (χ2n) is 12.9. The lowest BCUT2D eigenvalue weighted by molar-refractivity contribution is -0.148. The van der Waals surface area contributed by atoms with E-state index >= 15 is 8.78 Å². The molecule has 1 aliphatic carbocycles. The van der Waals surface area contributed by atoms with Crippen LogP contribution in [0.4, 0.5) is 14.5 Å². The van der Waals surface area contributed by atoms with E-state index in [9.17, 15) is 19.2 Å². The molecule has 1 aromatic heterocycles. The summed E-state index contributed by atoms with van der Waals surface area (Å²) in [7, 11) is 1.99. The maximum Gasteiger partial charge on any atom is 0.349 e. The van der Waals surface area contributed by atoms with Crippen LogP contribution in [-0.2, 0) is 20.3 Å². The van der Waals surface area contributed by atoms with Gasteiger partial charge in [-0.1, -0.05) is 48.5 Å². The number of halogens is 2. The summed E-state index contributed by atoms with van der Waals surface area (Å²) in [6.45, 7) is 4.41. The number of piperazine rings is 1. The lowest BCUT2D eigenvalue weighted by Crippen LogP contribution is -2.55. The first-order valence-corrected chi connectivity index (χ1v) is 17.4. The van der Waals surface area contributed by atoms with Gasteiger partial charge in [0.2, 0.25) is 11.8 Å². The minimum Gasteiger partial charge on any atom is -0.348 e. The Hall–Kier alpha value is -4.81. The van der Waals surface area contributed by atoms with E-state index in [0.29, 0.717) is 36.5 Å². The Morgan fingerprint density at radius 2 is 1.78 bits per heavy atom. The van der Waals surface area contributed by atoms with Gasteiger partial charge in [-0.25, -0.2) is 0 Å². The van der Waals surface area contributed by atoms with Crippen LogP contribution in [0.25, 0.3) is 0 Å². The summed E-state index contributed by atoms with van der Waals surface area (Å²) in [6, 6.07) is 12.2. The fraction of sp³-hybridized carbons (Fsp3) is 0.457. The second kappa shape index (κ2) is 16.3. The van der Waals surface area contributed by atoms with E-state index in [1.807, 2.05) is 14.0 Å². The molecule has 0 radical (unpaired) electrons. The molecule has 2 aliphatic rings. The molecule has 3 aromatic rings. The molecule has 1 saturated heterocycles. The number of benzene rings is 2. The fourth-order valence-electron chi connectivity index (χ4n) is 6.43. The first kappa shape index (κ1) is 36.5. The molecule has 4 atom stereocenters. The average Bonchev–Trinajstić information content (AvgIpc) is 3.67. The van der Waals surface area contributed by atoms with E-state index < -0.39 is 41.3 Å². The van der Waals surface area contributed by atoms with Crippen LogP contribution in [0.1, 0.15) is 71.3 Å². The normalized spacial score (nSPS) is 19.5. The Kier molecular flexibility index (Phi) is 11.9. The number of nitriles is 1. The zero-order valence-corrected chi connectivity index (χ0v) is 28.7. The molecule has 5 rings (SSSR count). The van der Waals surface area contributed by atoms with Crippen LogP contribution in [-0.4, -0.2) is 88.3 Å². The largest absolute Gasteiger partial charge is 0.349 e. The van der Waals surface area contributed by atoms with Crippen LogP contribution in [0.3, 0.4) is 0 Å². The molecule has 15 heteroatoms. The van der Waals surface area contributed by atoms with Crippen molar-refractivity contribution >= 4 is 40.8 Å². The molecule has 0 bridgehead atoms. The molecule has 2 aromatic carbocycles. The van der Waals surface area contributed by atoms with E-state index in [1.54, 1.807) is 35.2 Å². The van der Waals surface area contributed by atoms with Gasteiger partial charge in [0.25, 0.3) is 11.8 Å². The summed E-state index contributed by atoms with van der Waals surface area (Å²) in [5, 5.41) is 21.0. The van der Waals surface area contributed by atoms with Crippen molar-refractivity contribution in [3.63, 3.8) is 0 Å². The molecule has 2 unspecified atom stereocenters. The molecule has 1 aliphatic heterocycles. The number of nitrogens with zero attached hydrogens (tertiary/aromatic N) is 5. The number of hydrogen-bond donors (Lipinski definition) is 3. The molecular formula is C35H40F2N8O4S. The van der Waals surface area contributed by atoms with Crippen molar-refractivity contribution in [2.45, 2.75) is 63.0 Å². The van der Waals surface area contributed by atoms with Gasteiger partial charge < -0.3 is 25.8 Å². The van der Waals surface area contributed by atoms with E-state index in [1.165, 1.54) is 18.3 Å². The fourth-order valence-corrected chi connectivity index (χ4v) is 6.85. The van der Waals surface area contributed by atoms with Crippen LogP contribution in [0.5, 0.6) is 0 Å². The minimum atomic E-state index is -3.84. The van der Waals surface area contributed by atoms with Gasteiger partial charge in [-0.3, -0.25) is 19.2 Å². The number of likely N-dealkylation sites (N-methyl/N-ethyl adjacent to an activating group) is 1. The highest BCUT2D eigenvalue weighted by Crippen LogP contribution is 2.32. The number of carbonyl (C=O) groups is 4. The standard InChI is InChI=1S/C35H40F2N8O4S/c1-22(31(42-32(47)29-21-39-43-50-29)33(48)45-16-14-44(2)15-17-45)24-10-12-27(13-11-24)40-30(46)19-25-7-3-4-9-28(25)41-34(49)35(36,37)26-8-5-6-23(18-26)20-38/h5-6,8,10-13,18,21-22,25,28,31H,3-4,7,9,14-17,19H2,1-2H3,(H,40,46)(H,41,49)(H,42,47)/t22-,25?,28?,31+/m0/s1. The molecule has 1 saturated carbocycles. The van der Waals surface area contributed by atoms with E-state index in [2.05, 4.69) is 30.4 Å². The van der Waals surface area contributed by atoms with Gasteiger partial charge in [0, 0.05) is 55.8 Å². The SMILES string of the molecule is C[C@@H](c1ccc(NC(=O)CC2CCCCC2NC(=O)C(F)(F)c2cccc(C#N)c2)cc1)[C@@H](NC(=O)c1cnns1)C(=O)N1CCN(C)CC1. The number of nitrogens with one attached hydrogen (secondary N) is 3. The summed E-state index contributed by atoms with van der Waals surface area (Å²) in [4.78, 5) is 56.8. The molecule has 0 spiro atoms. The van der Waals surface area contributed by atoms with Crippen molar-refractivity contribution < 1.29 is 28.0 Å². The van der Waals surface area contributed by atoms with Crippen LogP contribution >= 0.6 is 11.5 Å². The predicted molar refractivity (Wildman–Crippen MR) is 182 cm³/mol. The lowest BCUT2D eigenvalue weighted by Gasteiger charge is -2.36. The first-order chi connectivity index (χ1) is 24.0. The predicted octanol–water partition coefficient (Wildman–Crippen LogP) is 3.88. The van der Waals surface area contributed by atoms with Gasteiger partial charge >= 0.3 is 5.92 Å². The van der Waals surface area contributed by atoms with Gasteiger partial charge in [0.1, 0.15) is 10.9 Å². The third-order valence-electron chi connectivity index (χ3n) is 9.49. The monoisotopic (exact) mass is 706 g/mol. The van der Waals surface area contributed by atoms with Crippen molar-refractivity contribution in [1.82, 2.24) is 30.0 Å².